The number of aromatic nitrogens is 1. The predicted molar refractivity (Wildman–Crippen MR) is 55.3 cm³/mol. The molecule has 14 heavy (non-hydrogen) atoms. The number of amides is 1. The summed E-state index contributed by atoms with van der Waals surface area (Å²) in [5.74, 6) is 0.0530. The second-order valence-corrected chi connectivity index (χ2v) is 3.75. The molecule has 0 spiro atoms. The van der Waals surface area contributed by atoms with E-state index in [1.807, 2.05) is 5.38 Å². The maximum Gasteiger partial charge on any atom is 0.220 e. The van der Waals surface area contributed by atoms with Crippen molar-refractivity contribution in [2.24, 2.45) is 0 Å². The van der Waals surface area contributed by atoms with Gasteiger partial charge in [0.15, 0.2) is 0 Å². The Morgan fingerprint density at radius 3 is 3.21 bits per heavy atom. The number of carbonyl (C=O) groups is 1. The largest absolute Gasteiger partial charge is 0.383 e. The SMILES string of the molecule is COCCNC(=O)CCc1nccs1. The molecule has 1 heterocycles. The van der Waals surface area contributed by atoms with Crippen molar-refractivity contribution in [1.82, 2.24) is 10.3 Å². The van der Waals surface area contributed by atoms with Gasteiger partial charge in [-0.05, 0) is 0 Å². The average molecular weight is 214 g/mol. The molecule has 0 unspecified atom stereocenters. The van der Waals surface area contributed by atoms with Gasteiger partial charge in [-0.15, -0.1) is 11.3 Å². The molecule has 0 atom stereocenters. The van der Waals surface area contributed by atoms with Crippen LogP contribution in [0.5, 0.6) is 0 Å². The van der Waals surface area contributed by atoms with Gasteiger partial charge < -0.3 is 10.1 Å². The maximum absolute atomic E-state index is 11.2. The zero-order chi connectivity index (χ0) is 10.2. The lowest BCUT2D eigenvalue weighted by atomic mass is 10.3. The first-order valence-corrected chi connectivity index (χ1v) is 5.35. The molecule has 1 rings (SSSR count). The fourth-order valence-electron chi connectivity index (χ4n) is 0.978. The Hall–Kier alpha value is -0.940. The van der Waals surface area contributed by atoms with Crippen molar-refractivity contribution in [3.05, 3.63) is 16.6 Å². The van der Waals surface area contributed by atoms with Gasteiger partial charge in [0.2, 0.25) is 5.91 Å². The zero-order valence-corrected chi connectivity index (χ0v) is 8.97. The second-order valence-electron chi connectivity index (χ2n) is 2.77. The van der Waals surface area contributed by atoms with Crippen LogP contribution >= 0.6 is 11.3 Å². The quantitative estimate of drug-likeness (QED) is 0.714. The molecule has 0 aliphatic heterocycles. The highest BCUT2D eigenvalue weighted by Gasteiger charge is 2.02. The van der Waals surface area contributed by atoms with E-state index in [0.29, 0.717) is 19.6 Å². The van der Waals surface area contributed by atoms with E-state index in [4.69, 9.17) is 4.74 Å². The highest BCUT2D eigenvalue weighted by atomic mass is 32.1. The van der Waals surface area contributed by atoms with E-state index < -0.39 is 0 Å². The average Bonchev–Trinajstić information content (AvgIpc) is 2.68. The third-order valence-electron chi connectivity index (χ3n) is 1.68. The van der Waals surface area contributed by atoms with Gasteiger partial charge in [0.1, 0.15) is 0 Å². The van der Waals surface area contributed by atoms with E-state index in [1.54, 1.807) is 24.6 Å². The van der Waals surface area contributed by atoms with Crippen LogP contribution in [0.4, 0.5) is 0 Å². The lowest BCUT2D eigenvalue weighted by Crippen LogP contribution is -2.27. The topological polar surface area (TPSA) is 51.2 Å². The van der Waals surface area contributed by atoms with Gasteiger partial charge in [0, 0.05) is 38.1 Å². The molecule has 1 N–H and O–H groups in total. The first kappa shape index (κ1) is 11.1. The molecular formula is C9H14N2O2S. The zero-order valence-electron chi connectivity index (χ0n) is 8.16. The summed E-state index contributed by atoms with van der Waals surface area (Å²) in [7, 11) is 1.61. The molecular weight excluding hydrogens is 200 g/mol. The van der Waals surface area contributed by atoms with Crippen LogP contribution in [-0.4, -0.2) is 31.2 Å². The Morgan fingerprint density at radius 2 is 2.57 bits per heavy atom. The number of nitrogens with zero attached hydrogens (tertiary/aromatic N) is 1. The summed E-state index contributed by atoms with van der Waals surface area (Å²) in [5.41, 5.74) is 0. The normalized spacial score (nSPS) is 10.1. The van der Waals surface area contributed by atoms with Crippen molar-refractivity contribution in [2.75, 3.05) is 20.3 Å². The molecule has 0 saturated carbocycles. The van der Waals surface area contributed by atoms with E-state index in [-0.39, 0.29) is 5.91 Å². The molecule has 0 aliphatic carbocycles. The van der Waals surface area contributed by atoms with E-state index in [1.165, 1.54) is 0 Å². The van der Waals surface area contributed by atoms with Crippen LogP contribution in [0.3, 0.4) is 0 Å². The van der Waals surface area contributed by atoms with Crippen LogP contribution < -0.4 is 5.32 Å². The Bertz CT molecular complexity index is 262. The molecule has 0 fully saturated rings. The highest BCUT2D eigenvalue weighted by Crippen LogP contribution is 2.06. The van der Waals surface area contributed by atoms with Gasteiger partial charge in [-0.1, -0.05) is 0 Å². The van der Waals surface area contributed by atoms with Crippen LogP contribution in [0, 0.1) is 0 Å². The number of aryl methyl sites for hydroxylation is 1. The third-order valence-corrected chi connectivity index (χ3v) is 2.52. The number of ether oxygens (including phenoxy) is 1. The summed E-state index contributed by atoms with van der Waals surface area (Å²) in [6.07, 6.45) is 2.97. The van der Waals surface area contributed by atoms with E-state index in [9.17, 15) is 4.79 Å². The van der Waals surface area contributed by atoms with Crippen molar-refractivity contribution in [2.45, 2.75) is 12.8 Å². The number of carbonyl (C=O) groups excluding carboxylic acids is 1. The predicted octanol–water partition coefficient (Wildman–Crippen LogP) is 0.838. The summed E-state index contributed by atoms with van der Waals surface area (Å²) < 4.78 is 4.82. The lowest BCUT2D eigenvalue weighted by molar-refractivity contribution is -0.121. The minimum atomic E-state index is 0.0530. The van der Waals surface area contributed by atoms with E-state index in [2.05, 4.69) is 10.3 Å². The molecule has 78 valence electrons. The molecule has 0 saturated heterocycles. The Kier molecular flexibility index (Phi) is 5.17. The molecule has 1 aromatic rings. The number of thiazole rings is 1. The molecule has 1 amide bonds. The van der Waals surface area contributed by atoms with Gasteiger partial charge in [-0.3, -0.25) is 4.79 Å². The van der Waals surface area contributed by atoms with Gasteiger partial charge in [0.05, 0.1) is 11.6 Å². The molecule has 0 aliphatic rings. The van der Waals surface area contributed by atoms with Crippen molar-refractivity contribution < 1.29 is 9.53 Å². The van der Waals surface area contributed by atoms with Crippen molar-refractivity contribution >= 4 is 17.2 Å². The minimum Gasteiger partial charge on any atom is -0.383 e. The van der Waals surface area contributed by atoms with Crippen LogP contribution in [0.2, 0.25) is 0 Å². The first-order chi connectivity index (χ1) is 6.83. The molecule has 5 heteroatoms. The molecule has 0 aromatic carbocycles. The van der Waals surface area contributed by atoms with Crippen molar-refractivity contribution in [3.8, 4) is 0 Å². The summed E-state index contributed by atoms with van der Waals surface area (Å²) in [4.78, 5) is 15.3. The fourth-order valence-corrected chi connectivity index (χ4v) is 1.60. The molecule has 0 radical (unpaired) electrons. The Labute approximate surface area is 87.3 Å². The van der Waals surface area contributed by atoms with Gasteiger partial charge in [-0.25, -0.2) is 4.98 Å². The number of hydrogen-bond acceptors (Lipinski definition) is 4. The van der Waals surface area contributed by atoms with Crippen molar-refractivity contribution in [1.29, 1.82) is 0 Å². The highest BCUT2D eigenvalue weighted by molar-refractivity contribution is 7.09. The minimum absolute atomic E-state index is 0.0530. The van der Waals surface area contributed by atoms with Gasteiger partial charge in [0.25, 0.3) is 0 Å². The summed E-state index contributed by atoms with van der Waals surface area (Å²) in [6.45, 7) is 1.14. The summed E-state index contributed by atoms with van der Waals surface area (Å²) >= 11 is 1.58. The Balaban J connectivity index is 2.09. The summed E-state index contributed by atoms with van der Waals surface area (Å²) in [6, 6.07) is 0. The van der Waals surface area contributed by atoms with Crippen LogP contribution in [-0.2, 0) is 16.0 Å². The number of hydrogen-bond donors (Lipinski definition) is 1. The lowest BCUT2D eigenvalue weighted by Gasteiger charge is -2.02. The van der Waals surface area contributed by atoms with Crippen LogP contribution in [0.25, 0.3) is 0 Å². The second kappa shape index (κ2) is 6.50. The van der Waals surface area contributed by atoms with E-state index in [0.717, 1.165) is 11.4 Å². The standard InChI is InChI=1S/C9H14N2O2S/c1-13-6-4-10-8(12)2-3-9-11-5-7-14-9/h5,7H,2-4,6H2,1H3,(H,10,12). The molecule has 1 aromatic heterocycles. The number of methoxy groups -OCH3 is 1. The van der Waals surface area contributed by atoms with Crippen LogP contribution in [0.1, 0.15) is 11.4 Å². The smallest absolute Gasteiger partial charge is 0.220 e. The first-order valence-electron chi connectivity index (χ1n) is 4.47. The Morgan fingerprint density at radius 1 is 1.71 bits per heavy atom. The summed E-state index contributed by atoms with van der Waals surface area (Å²) in [5, 5.41) is 5.68. The fraction of sp³-hybridized carbons (Fsp3) is 0.556. The van der Waals surface area contributed by atoms with Crippen molar-refractivity contribution in [3.63, 3.8) is 0 Å². The van der Waals surface area contributed by atoms with Crippen LogP contribution in [0.15, 0.2) is 11.6 Å². The monoisotopic (exact) mass is 214 g/mol. The van der Waals surface area contributed by atoms with E-state index >= 15 is 0 Å². The number of nitrogens with one attached hydrogen (secondary N) is 1. The van der Waals surface area contributed by atoms with Gasteiger partial charge in [-0.2, -0.15) is 0 Å². The maximum atomic E-state index is 11.2. The third kappa shape index (κ3) is 4.34. The molecule has 4 nitrogen and oxygen atoms in total. The molecule has 0 bridgehead atoms. The number of rotatable bonds is 6. The van der Waals surface area contributed by atoms with Gasteiger partial charge >= 0.3 is 0 Å².